The molecule has 0 atom stereocenters. The molecule has 31 heavy (non-hydrogen) atoms. The number of hydrogen-bond acceptors (Lipinski definition) is 5. The van der Waals surface area contributed by atoms with Gasteiger partial charge in [-0.05, 0) is 49.0 Å². The van der Waals surface area contributed by atoms with E-state index in [1.807, 2.05) is 18.2 Å². The van der Waals surface area contributed by atoms with Gasteiger partial charge in [-0.2, -0.15) is 0 Å². The van der Waals surface area contributed by atoms with Crippen LogP contribution in [0.3, 0.4) is 0 Å². The van der Waals surface area contributed by atoms with Crippen LogP contribution in [0.4, 0.5) is 5.69 Å². The van der Waals surface area contributed by atoms with Crippen molar-refractivity contribution < 1.29 is 14.5 Å². The number of nitro benzene ring substituents is 1. The molecule has 2 aromatic rings. The van der Waals surface area contributed by atoms with E-state index in [-0.39, 0.29) is 23.7 Å². The zero-order valence-corrected chi connectivity index (χ0v) is 17.7. The third kappa shape index (κ3) is 6.62. The molecular weight excluding hydrogens is 396 g/mol. The minimum atomic E-state index is -0.564. The summed E-state index contributed by atoms with van der Waals surface area (Å²) < 4.78 is 0. The summed E-state index contributed by atoms with van der Waals surface area (Å²) in [4.78, 5) is 37.1. The number of carbonyl (C=O) groups is 2. The van der Waals surface area contributed by atoms with Gasteiger partial charge in [0.15, 0.2) is 0 Å². The van der Waals surface area contributed by atoms with Crippen molar-refractivity contribution in [2.75, 3.05) is 19.6 Å². The summed E-state index contributed by atoms with van der Waals surface area (Å²) in [5.74, 6) is -0.0676. The van der Waals surface area contributed by atoms with Crippen molar-refractivity contribution in [1.29, 1.82) is 0 Å². The van der Waals surface area contributed by atoms with Gasteiger partial charge in [0.25, 0.3) is 11.6 Å². The molecule has 1 saturated heterocycles. The van der Waals surface area contributed by atoms with Crippen LogP contribution in [0.25, 0.3) is 0 Å². The van der Waals surface area contributed by atoms with Crippen molar-refractivity contribution in [3.8, 4) is 0 Å². The van der Waals surface area contributed by atoms with E-state index in [9.17, 15) is 19.7 Å². The Hall–Kier alpha value is -3.26. The van der Waals surface area contributed by atoms with Crippen LogP contribution in [0.2, 0.25) is 0 Å². The lowest BCUT2D eigenvalue weighted by molar-refractivity contribution is -0.384. The summed E-state index contributed by atoms with van der Waals surface area (Å²) in [6.07, 6.45) is 2.42. The molecule has 0 bridgehead atoms. The maximum atomic E-state index is 12.2. The third-order valence-corrected chi connectivity index (χ3v) is 5.59. The monoisotopic (exact) mass is 424 g/mol. The number of nitro groups is 1. The predicted molar refractivity (Wildman–Crippen MR) is 117 cm³/mol. The molecule has 0 spiro atoms. The molecule has 0 saturated carbocycles. The molecule has 0 unspecified atom stereocenters. The smallest absolute Gasteiger partial charge is 0.270 e. The van der Waals surface area contributed by atoms with Crippen LogP contribution in [-0.2, 0) is 17.9 Å². The Morgan fingerprint density at radius 3 is 2.48 bits per heavy atom. The minimum absolute atomic E-state index is 0.142. The summed E-state index contributed by atoms with van der Waals surface area (Å²) in [5.41, 5.74) is 2.22. The van der Waals surface area contributed by atoms with E-state index in [0.29, 0.717) is 6.54 Å². The fraction of sp³-hybridized carbons (Fsp3) is 0.391. The summed E-state index contributed by atoms with van der Waals surface area (Å²) in [6.45, 7) is 5.51. The van der Waals surface area contributed by atoms with Gasteiger partial charge < -0.3 is 10.6 Å². The SMILES string of the molecule is CC1CCN(Cc2ccccc2CNC(=O)CNC(=O)c2cccc([N+](=O)[O-])c2)CC1. The number of carbonyl (C=O) groups excluding carboxylic acids is 2. The average molecular weight is 425 g/mol. The van der Waals surface area contributed by atoms with E-state index in [4.69, 9.17) is 0 Å². The van der Waals surface area contributed by atoms with Gasteiger partial charge in [0.2, 0.25) is 5.91 Å². The zero-order valence-electron chi connectivity index (χ0n) is 17.7. The van der Waals surface area contributed by atoms with Gasteiger partial charge in [0, 0.05) is 30.8 Å². The van der Waals surface area contributed by atoms with E-state index in [1.165, 1.54) is 42.7 Å². The zero-order chi connectivity index (χ0) is 22.2. The lowest BCUT2D eigenvalue weighted by atomic mass is 9.98. The van der Waals surface area contributed by atoms with Crippen molar-refractivity contribution in [3.63, 3.8) is 0 Å². The highest BCUT2D eigenvalue weighted by Gasteiger charge is 2.17. The van der Waals surface area contributed by atoms with Crippen LogP contribution in [-0.4, -0.2) is 41.3 Å². The van der Waals surface area contributed by atoms with Gasteiger partial charge in [-0.1, -0.05) is 37.3 Å². The summed E-state index contributed by atoms with van der Waals surface area (Å²) in [6, 6.07) is 13.5. The Kier molecular flexibility index (Phi) is 7.72. The Morgan fingerprint density at radius 1 is 1.06 bits per heavy atom. The van der Waals surface area contributed by atoms with E-state index < -0.39 is 10.8 Å². The van der Waals surface area contributed by atoms with E-state index in [0.717, 1.165) is 31.1 Å². The number of nitrogens with zero attached hydrogens (tertiary/aromatic N) is 2. The highest BCUT2D eigenvalue weighted by Crippen LogP contribution is 2.19. The normalized spacial score (nSPS) is 14.7. The second kappa shape index (κ2) is 10.7. The van der Waals surface area contributed by atoms with Gasteiger partial charge in [0.1, 0.15) is 0 Å². The molecule has 1 heterocycles. The second-order valence-corrected chi connectivity index (χ2v) is 7.99. The topological polar surface area (TPSA) is 105 Å². The molecule has 1 aliphatic rings. The first kappa shape index (κ1) is 22.4. The predicted octanol–water partition coefficient (Wildman–Crippen LogP) is 2.87. The molecule has 2 aromatic carbocycles. The first-order valence-corrected chi connectivity index (χ1v) is 10.5. The Morgan fingerprint density at radius 2 is 1.77 bits per heavy atom. The minimum Gasteiger partial charge on any atom is -0.350 e. The molecule has 164 valence electrons. The molecule has 0 radical (unpaired) electrons. The third-order valence-electron chi connectivity index (χ3n) is 5.59. The lowest BCUT2D eigenvalue weighted by Crippen LogP contribution is -2.37. The van der Waals surface area contributed by atoms with Crippen molar-refractivity contribution in [1.82, 2.24) is 15.5 Å². The molecule has 2 N–H and O–H groups in total. The van der Waals surface area contributed by atoms with Crippen LogP contribution in [0.5, 0.6) is 0 Å². The number of benzene rings is 2. The van der Waals surface area contributed by atoms with Gasteiger partial charge in [0.05, 0.1) is 11.5 Å². The Balaban J connectivity index is 1.49. The van der Waals surface area contributed by atoms with Gasteiger partial charge >= 0.3 is 0 Å². The van der Waals surface area contributed by atoms with Crippen molar-refractivity contribution in [2.24, 2.45) is 5.92 Å². The number of amides is 2. The molecule has 3 rings (SSSR count). The van der Waals surface area contributed by atoms with Crippen molar-refractivity contribution >= 4 is 17.5 Å². The maximum Gasteiger partial charge on any atom is 0.270 e. The molecule has 1 aliphatic heterocycles. The molecule has 8 heteroatoms. The molecule has 0 aliphatic carbocycles. The quantitative estimate of drug-likeness (QED) is 0.501. The Bertz CT molecular complexity index is 939. The molecule has 8 nitrogen and oxygen atoms in total. The van der Waals surface area contributed by atoms with Crippen LogP contribution in [0.15, 0.2) is 48.5 Å². The highest BCUT2D eigenvalue weighted by atomic mass is 16.6. The molecular formula is C23H28N4O4. The number of nitrogens with one attached hydrogen (secondary N) is 2. The van der Waals surface area contributed by atoms with E-state index >= 15 is 0 Å². The standard InChI is InChI=1S/C23H28N4O4/c1-17-9-11-26(12-10-17)16-20-6-3-2-5-19(20)14-24-22(28)15-25-23(29)18-7-4-8-21(13-18)27(30)31/h2-8,13,17H,9-12,14-16H2,1H3,(H,24,28)(H,25,29). The van der Waals surface area contributed by atoms with Crippen molar-refractivity contribution in [3.05, 3.63) is 75.3 Å². The largest absolute Gasteiger partial charge is 0.350 e. The van der Waals surface area contributed by atoms with E-state index in [2.05, 4.69) is 28.5 Å². The number of hydrogen-bond donors (Lipinski definition) is 2. The van der Waals surface area contributed by atoms with Gasteiger partial charge in [-0.25, -0.2) is 0 Å². The summed E-state index contributed by atoms with van der Waals surface area (Å²) in [5, 5.41) is 16.2. The van der Waals surface area contributed by atoms with Crippen LogP contribution < -0.4 is 10.6 Å². The maximum absolute atomic E-state index is 12.2. The van der Waals surface area contributed by atoms with Crippen LogP contribution in [0, 0.1) is 16.0 Å². The summed E-state index contributed by atoms with van der Waals surface area (Å²) in [7, 11) is 0. The highest BCUT2D eigenvalue weighted by molar-refractivity contribution is 5.96. The van der Waals surface area contributed by atoms with Gasteiger partial charge in [-0.15, -0.1) is 0 Å². The average Bonchev–Trinajstić information content (AvgIpc) is 2.78. The van der Waals surface area contributed by atoms with Gasteiger partial charge in [-0.3, -0.25) is 24.6 Å². The fourth-order valence-electron chi connectivity index (χ4n) is 3.62. The second-order valence-electron chi connectivity index (χ2n) is 7.99. The van der Waals surface area contributed by atoms with Crippen molar-refractivity contribution in [2.45, 2.75) is 32.9 Å². The Labute approximate surface area is 181 Å². The molecule has 0 aromatic heterocycles. The number of likely N-dealkylation sites (tertiary alicyclic amines) is 1. The molecule has 2 amide bonds. The fourth-order valence-corrected chi connectivity index (χ4v) is 3.62. The number of piperidine rings is 1. The van der Waals surface area contributed by atoms with E-state index in [1.54, 1.807) is 0 Å². The lowest BCUT2D eigenvalue weighted by Gasteiger charge is -2.30. The molecule has 1 fully saturated rings. The first-order chi connectivity index (χ1) is 14.9. The summed E-state index contributed by atoms with van der Waals surface area (Å²) >= 11 is 0. The van der Waals surface area contributed by atoms with Crippen LogP contribution in [0.1, 0.15) is 41.3 Å². The number of non-ortho nitro benzene ring substituents is 1. The first-order valence-electron chi connectivity index (χ1n) is 10.5. The number of rotatable bonds is 8. The van der Waals surface area contributed by atoms with Crippen LogP contribution >= 0.6 is 0 Å².